The first-order valence-electron chi connectivity index (χ1n) is 10.4. The molecule has 5 rings (SSSR count). The summed E-state index contributed by atoms with van der Waals surface area (Å²) in [6, 6.07) is 14.2. The molecule has 1 saturated heterocycles. The largest absolute Gasteiger partial charge is 0.322 e. The zero-order chi connectivity index (χ0) is 23.9. The lowest BCUT2D eigenvalue weighted by molar-refractivity contribution is 0.102. The molecule has 4 aromatic rings. The molecule has 172 valence electrons. The van der Waals surface area contributed by atoms with Crippen LogP contribution in [0.4, 0.5) is 15.8 Å². The van der Waals surface area contributed by atoms with Gasteiger partial charge in [-0.15, -0.1) is 0 Å². The summed E-state index contributed by atoms with van der Waals surface area (Å²) < 4.78 is 39.9. The standard InChI is InChI=1S/C24H18ClFN4O3S/c25-19-6-5-16(14-18(19)23-17-3-1-9-27-21(17)8-10-28-23)29-24(31)15-4-7-22(20(26)13-15)30-11-2-12-34(30,32)33/h1,3-10,13-14H,2,11-12H2,(H,29,31). The van der Waals surface area contributed by atoms with Gasteiger partial charge in [0.1, 0.15) is 5.82 Å². The first-order chi connectivity index (χ1) is 16.3. The summed E-state index contributed by atoms with van der Waals surface area (Å²) in [7, 11) is -3.53. The molecule has 0 saturated carbocycles. The van der Waals surface area contributed by atoms with Gasteiger partial charge in [0, 0.05) is 41.1 Å². The van der Waals surface area contributed by atoms with E-state index >= 15 is 0 Å². The Bertz CT molecular complexity index is 1540. The van der Waals surface area contributed by atoms with E-state index in [2.05, 4.69) is 15.3 Å². The van der Waals surface area contributed by atoms with Crippen LogP contribution in [0.5, 0.6) is 0 Å². The van der Waals surface area contributed by atoms with E-state index in [4.69, 9.17) is 11.6 Å². The Morgan fingerprint density at radius 2 is 1.91 bits per heavy atom. The molecule has 1 fully saturated rings. The highest BCUT2D eigenvalue weighted by Gasteiger charge is 2.30. The molecule has 1 amide bonds. The van der Waals surface area contributed by atoms with Crippen LogP contribution < -0.4 is 9.62 Å². The molecule has 10 heteroatoms. The van der Waals surface area contributed by atoms with E-state index in [0.717, 1.165) is 21.3 Å². The Kier molecular flexibility index (Phi) is 5.66. The van der Waals surface area contributed by atoms with Gasteiger partial charge in [0.05, 0.1) is 27.7 Å². The normalized spacial score (nSPS) is 14.9. The van der Waals surface area contributed by atoms with Crippen molar-refractivity contribution in [2.75, 3.05) is 21.9 Å². The van der Waals surface area contributed by atoms with Crippen molar-refractivity contribution in [1.29, 1.82) is 0 Å². The van der Waals surface area contributed by atoms with Gasteiger partial charge in [-0.1, -0.05) is 11.6 Å². The first-order valence-corrected chi connectivity index (χ1v) is 12.4. The number of sulfonamides is 1. The number of halogens is 2. The molecule has 3 heterocycles. The molecule has 34 heavy (non-hydrogen) atoms. The van der Waals surface area contributed by atoms with Gasteiger partial charge in [-0.2, -0.15) is 0 Å². The molecule has 0 aliphatic carbocycles. The minimum absolute atomic E-state index is 0.0187. The lowest BCUT2D eigenvalue weighted by atomic mass is 10.1. The number of fused-ring (bicyclic) bond motifs is 1. The third kappa shape index (κ3) is 4.08. The monoisotopic (exact) mass is 496 g/mol. The SMILES string of the molecule is O=C(Nc1ccc(Cl)c(-c2nccc3ncccc23)c1)c1ccc(N2CCCS2(=O)=O)c(F)c1. The van der Waals surface area contributed by atoms with Crippen LogP contribution in [-0.4, -0.2) is 36.6 Å². The molecular formula is C24H18ClFN4O3S. The molecule has 0 spiro atoms. The van der Waals surface area contributed by atoms with Gasteiger partial charge in [-0.05, 0) is 61.0 Å². The van der Waals surface area contributed by atoms with E-state index in [9.17, 15) is 17.6 Å². The van der Waals surface area contributed by atoms with E-state index in [0.29, 0.717) is 28.4 Å². The van der Waals surface area contributed by atoms with E-state index in [1.54, 1.807) is 42.7 Å². The maximum absolute atomic E-state index is 14.7. The number of benzene rings is 2. The van der Waals surface area contributed by atoms with Crippen LogP contribution in [0.3, 0.4) is 0 Å². The molecular weight excluding hydrogens is 479 g/mol. The summed E-state index contributed by atoms with van der Waals surface area (Å²) in [6.45, 7) is 0.218. The molecule has 0 bridgehead atoms. The number of carbonyl (C=O) groups excluding carboxylic acids is 1. The van der Waals surface area contributed by atoms with Crippen molar-refractivity contribution < 1.29 is 17.6 Å². The zero-order valence-electron chi connectivity index (χ0n) is 17.7. The van der Waals surface area contributed by atoms with Crippen molar-refractivity contribution in [2.45, 2.75) is 6.42 Å². The fourth-order valence-corrected chi connectivity index (χ4v) is 5.74. The lowest BCUT2D eigenvalue weighted by Gasteiger charge is -2.18. The van der Waals surface area contributed by atoms with E-state index < -0.39 is 21.7 Å². The van der Waals surface area contributed by atoms with Gasteiger partial charge in [-0.3, -0.25) is 19.1 Å². The maximum Gasteiger partial charge on any atom is 0.255 e. The summed E-state index contributed by atoms with van der Waals surface area (Å²) in [4.78, 5) is 21.6. The van der Waals surface area contributed by atoms with Gasteiger partial charge in [-0.25, -0.2) is 12.8 Å². The second-order valence-electron chi connectivity index (χ2n) is 7.79. The summed E-state index contributed by atoms with van der Waals surface area (Å²) >= 11 is 6.43. The zero-order valence-corrected chi connectivity index (χ0v) is 19.3. The molecule has 1 aliphatic heterocycles. The Hall–Kier alpha value is -3.56. The van der Waals surface area contributed by atoms with Crippen molar-refractivity contribution in [3.8, 4) is 11.3 Å². The van der Waals surface area contributed by atoms with Crippen LogP contribution in [0.2, 0.25) is 5.02 Å². The number of pyridine rings is 2. The average molecular weight is 497 g/mol. The van der Waals surface area contributed by atoms with Crippen LogP contribution in [0.15, 0.2) is 67.0 Å². The summed E-state index contributed by atoms with van der Waals surface area (Å²) in [5, 5.41) is 3.99. The number of amides is 1. The molecule has 1 aliphatic rings. The van der Waals surface area contributed by atoms with Gasteiger partial charge >= 0.3 is 0 Å². The van der Waals surface area contributed by atoms with Crippen LogP contribution in [0.25, 0.3) is 22.2 Å². The van der Waals surface area contributed by atoms with Crippen molar-refractivity contribution in [2.24, 2.45) is 0 Å². The van der Waals surface area contributed by atoms with Crippen LogP contribution in [0, 0.1) is 5.82 Å². The number of hydrogen-bond donors (Lipinski definition) is 1. The second kappa shape index (κ2) is 8.66. The second-order valence-corrected chi connectivity index (χ2v) is 10.2. The Labute approximate surface area is 200 Å². The predicted molar refractivity (Wildman–Crippen MR) is 130 cm³/mol. The lowest BCUT2D eigenvalue weighted by Crippen LogP contribution is -2.26. The Morgan fingerprint density at radius 3 is 2.68 bits per heavy atom. The van der Waals surface area contributed by atoms with Crippen molar-refractivity contribution in [3.05, 3.63) is 83.4 Å². The number of nitrogens with zero attached hydrogens (tertiary/aromatic N) is 3. The fourth-order valence-electron chi connectivity index (χ4n) is 3.97. The predicted octanol–water partition coefficient (Wildman–Crippen LogP) is 4.88. The van der Waals surface area contributed by atoms with Crippen molar-refractivity contribution >= 4 is 49.8 Å². The van der Waals surface area contributed by atoms with Crippen molar-refractivity contribution in [1.82, 2.24) is 9.97 Å². The number of rotatable bonds is 4. The first kappa shape index (κ1) is 22.2. The molecule has 0 radical (unpaired) electrons. The molecule has 7 nitrogen and oxygen atoms in total. The third-order valence-electron chi connectivity index (χ3n) is 5.59. The number of carbonyl (C=O) groups is 1. The number of nitrogens with one attached hydrogen (secondary N) is 1. The van der Waals surface area contributed by atoms with E-state index in [-0.39, 0.29) is 23.5 Å². The minimum atomic E-state index is -3.53. The van der Waals surface area contributed by atoms with Gasteiger partial charge in [0.15, 0.2) is 0 Å². The fraction of sp³-hybridized carbons (Fsp3) is 0.125. The number of aromatic nitrogens is 2. The third-order valence-corrected chi connectivity index (χ3v) is 7.77. The van der Waals surface area contributed by atoms with Crippen LogP contribution in [-0.2, 0) is 10.0 Å². The highest BCUT2D eigenvalue weighted by atomic mass is 35.5. The van der Waals surface area contributed by atoms with Gasteiger partial charge in [0.2, 0.25) is 10.0 Å². The molecule has 1 N–H and O–H groups in total. The average Bonchev–Trinajstić information content (AvgIpc) is 3.18. The minimum Gasteiger partial charge on any atom is -0.322 e. The quantitative estimate of drug-likeness (QED) is 0.434. The van der Waals surface area contributed by atoms with Crippen LogP contribution >= 0.6 is 11.6 Å². The maximum atomic E-state index is 14.7. The number of anilines is 2. The summed E-state index contributed by atoms with van der Waals surface area (Å²) in [5.41, 5.74) is 2.43. The van der Waals surface area contributed by atoms with Crippen molar-refractivity contribution in [3.63, 3.8) is 0 Å². The molecule has 0 unspecified atom stereocenters. The van der Waals surface area contributed by atoms with Gasteiger partial charge in [0.25, 0.3) is 5.91 Å². The highest BCUT2D eigenvalue weighted by molar-refractivity contribution is 7.93. The molecule has 0 atom stereocenters. The highest BCUT2D eigenvalue weighted by Crippen LogP contribution is 2.33. The molecule has 2 aromatic heterocycles. The Balaban J connectivity index is 1.43. The topological polar surface area (TPSA) is 92.3 Å². The molecule has 2 aromatic carbocycles. The van der Waals surface area contributed by atoms with E-state index in [1.807, 2.05) is 6.07 Å². The smallest absolute Gasteiger partial charge is 0.255 e. The number of hydrogen-bond acceptors (Lipinski definition) is 5. The summed E-state index contributed by atoms with van der Waals surface area (Å²) in [6.07, 6.45) is 3.76. The van der Waals surface area contributed by atoms with E-state index in [1.165, 1.54) is 12.1 Å². The Morgan fingerprint density at radius 1 is 1.06 bits per heavy atom. The van der Waals surface area contributed by atoms with Crippen LogP contribution in [0.1, 0.15) is 16.8 Å². The summed E-state index contributed by atoms with van der Waals surface area (Å²) in [5.74, 6) is -1.34. The van der Waals surface area contributed by atoms with Gasteiger partial charge < -0.3 is 5.32 Å².